The van der Waals surface area contributed by atoms with Gasteiger partial charge < -0.3 is 9.64 Å². The number of carbonyl (C=O) groups is 2. The third kappa shape index (κ3) is 3.96. The van der Waals surface area contributed by atoms with Crippen LogP contribution in [0.15, 0.2) is 78.9 Å². The van der Waals surface area contributed by atoms with E-state index in [1.807, 2.05) is 60.7 Å². The average Bonchev–Trinajstić information content (AvgIpc) is 2.77. The highest BCUT2D eigenvalue weighted by atomic mass is 35.5. The number of hydrogen-bond donors (Lipinski definition) is 0. The second-order valence-electron chi connectivity index (χ2n) is 7.30. The van der Waals surface area contributed by atoms with E-state index in [1.165, 1.54) is 12.5 Å². The average molecular weight is 420 g/mol. The first-order chi connectivity index (χ1) is 14.6. The summed E-state index contributed by atoms with van der Waals surface area (Å²) >= 11 is 6.55. The lowest BCUT2D eigenvalue weighted by atomic mass is 9.87. The number of fused-ring (bicyclic) bond motifs is 1. The molecule has 5 heteroatoms. The number of hydrogen-bond acceptors (Lipinski definition) is 3. The van der Waals surface area contributed by atoms with Gasteiger partial charge in [-0.3, -0.25) is 9.59 Å². The quantitative estimate of drug-likeness (QED) is 0.551. The SMILES string of the molecule is CC(=O)OC(C(=O)N1CCc2ccccc2C1c1ccccc1Cl)c1ccccc1. The number of carbonyl (C=O) groups excluding carboxylic acids is 2. The van der Waals surface area contributed by atoms with E-state index in [9.17, 15) is 9.59 Å². The van der Waals surface area contributed by atoms with E-state index >= 15 is 0 Å². The molecule has 1 aliphatic rings. The van der Waals surface area contributed by atoms with Gasteiger partial charge in [0, 0.05) is 24.1 Å². The molecular weight excluding hydrogens is 398 g/mol. The monoisotopic (exact) mass is 419 g/mol. The first-order valence-corrected chi connectivity index (χ1v) is 10.3. The van der Waals surface area contributed by atoms with Crippen molar-refractivity contribution in [3.05, 3.63) is 106 Å². The Morgan fingerprint density at radius 1 is 0.933 bits per heavy atom. The number of ether oxygens (including phenoxy) is 1. The Kier molecular flexibility index (Phi) is 5.86. The van der Waals surface area contributed by atoms with Gasteiger partial charge in [-0.2, -0.15) is 0 Å². The molecule has 0 N–H and O–H groups in total. The molecule has 0 spiro atoms. The third-order valence-corrected chi connectivity index (χ3v) is 5.72. The van der Waals surface area contributed by atoms with Crippen molar-refractivity contribution >= 4 is 23.5 Å². The minimum absolute atomic E-state index is 0.254. The number of nitrogens with zero attached hydrogens (tertiary/aromatic N) is 1. The molecule has 0 aliphatic carbocycles. The Morgan fingerprint density at radius 2 is 1.57 bits per heavy atom. The number of amides is 1. The Bertz CT molecular complexity index is 1070. The van der Waals surface area contributed by atoms with Gasteiger partial charge in [-0.05, 0) is 29.2 Å². The minimum Gasteiger partial charge on any atom is -0.447 e. The fourth-order valence-corrected chi connectivity index (χ4v) is 4.28. The number of rotatable bonds is 4. The second kappa shape index (κ2) is 8.72. The molecule has 152 valence electrons. The Balaban J connectivity index is 1.80. The van der Waals surface area contributed by atoms with Crippen LogP contribution in [0.2, 0.25) is 5.02 Å². The molecule has 1 aliphatic heterocycles. The van der Waals surface area contributed by atoms with Gasteiger partial charge in [0.2, 0.25) is 6.10 Å². The first kappa shape index (κ1) is 20.2. The van der Waals surface area contributed by atoms with Gasteiger partial charge in [0.15, 0.2) is 0 Å². The van der Waals surface area contributed by atoms with Crippen LogP contribution in [-0.4, -0.2) is 23.3 Å². The predicted octanol–water partition coefficient (Wildman–Crippen LogP) is 5.12. The van der Waals surface area contributed by atoms with E-state index in [4.69, 9.17) is 16.3 Å². The zero-order chi connectivity index (χ0) is 21.1. The second-order valence-corrected chi connectivity index (χ2v) is 7.71. The van der Waals surface area contributed by atoms with E-state index in [-0.39, 0.29) is 11.9 Å². The van der Waals surface area contributed by atoms with Gasteiger partial charge in [0.1, 0.15) is 0 Å². The Morgan fingerprint density at radius 3 is 2.27 bits per heavy atom. The smallest absolute Gasteiger partial charge is 0.303 e. The van der Waals surface area contributed by atoms with Crippen molar-refractivity contribution in [2.45, 2.75) is 25.5 Å². The summed E-state index contributed by atoms with van der Waals surface area (Å²) in [6.45, 7) is 1.83. The van der Waals surface area contributed by atoms with Gasteiger partial charge in [0.05, 0.1) is 6.04 Å². The highest BCUT2D eigenvalue weighted by Gasteiger charge is 2.37. The van der Waals surface area contributed by atoms with Crippen molar-refractivity contribution in [3.8, 4) is 0 Å². The third-order valence-electron chi connectivity index (χ3n) is 5.38. The zero-order valence-electron chi connectivity index (χ0n) is 16.6. The Labute approximate surface area is 181 Å². The minimum atomic E-state index is -1.00. The molecule has 3 aromatic carbocycles. The van der Waals surface area contributed by atoms with Crippen LogP contribution in [0.3, 0.4) is 0 Å². The first-order valence-electron chi connectivity index (χ1n) is 9.91. The van der Waals surface area contributed by atoms with Crippen molar-refractivity contribution in [1.29, 1.82) is 0 Å². The normalized spacial score (nSPS) is 16.5. The highest BCUT2D eigenvalue weighted by Crippen LogP contribution is 2.39. The molecule has 0 radical (unpaired) electrons. The lowest BCUT2D eigenvalue weighted by Gasteiger charge is -2.39. The maximum Gasteiger partial charge on any atom is 0.303 e. The van der Waals surface area contributed by atoms with E-state index in [0.717, 1.165) is 17.5 Å². The van der Waals surface area contributed by atoms with Gasteiger partial charge in [-0.1, -0.05) is 84.4 Å². The summed E-state index contributed by atoms with van der Waals surface area (Å²) in [5, 5.41) is 0.598. The van der Waals surface area contributed by atoms with Gasteiger partial charge >= 0.3 is 5.97 Å². The molecule has 4 nitrogen and oxygen atoms in total. The van der Waals surface area contributed by atoms with E-state index in [0.29, 0.717) is 17.1 Å². The molecule has 0 saturated carbocycles. The molecule has 0 fully saturated rings. The topological polar surface area (TPSA) is 46.6 Å². The van der Waals surface area contributed by atoms with Crippen LogP contribution in [0.25, 0.3) is 0 Å². The van der Waals surface area contributed by atoms with Crippen molar-refractivity contribution < 1.29 is 14.3 Å². The summed E-state index contributed by atoms with van der Waals surface area (Å²) in [5.41, 5.74) is 3.74. The molecule has 1 amide bonds. The number of halogens is 1. The lowest BCUT2D eigenvalue weighted by Crippen LogP contribution is -2.44. The summed E-state index contributed by atoms with van der Waals surface area (Å²) in [6.07, 6.45) is -0.274. The van der Waals surface area contributed by atoms with Crippen LogP contribution in [0.5, 0.6) is 0 Å². The van der Waals surface area contributed by atoms with Crippen molar-refractivity contribution in [2.24, 2.45) is 0 Å². The zero-order valence-corrected chi connectivity index (χ0v) is 17.4. The molecule has 0 bridgehead atoms. The van der Waals surface area contributed by atoms with Crippen LogP contribution in [0.4, 0.5) is 0 Å². The summed E-state index contributed by atoms with van der Waals surface area (Å²) in [6, 6.07) is 24.4. The van der Waals surface area contributed by atoms with E-state index < -0.39 is 12.1 Å². The van der Waals surface area contributed by atoms with Crippen molar-refractivity contribution in [3.63, 3.8) is 0 Å². The molecular formula is C25H22ClNO3. The summed E-state index contributed by atoms with van der Waals surface area (Å²) in [5.74, 6) is -0.750. The maximum atomic E-state index is 13.7. The number of benzene rings is 3. The van der Waals surface area contributed by atoms with Gasteiger partial charge in [0.25, 0.3) is 5.91 Å². The lowest BCUT2D eigenvalue weighted by molar-refractivity contribution is -0.160. The molecule has 2 unspecified atom stereocenters. The summed E-state index contributed by atoms with van der Waals surface area (Å²) in [7, 11) is 0. The molecule has 2 atom stereocenters. The summed E-state index contributed by atoms with van der Waals surface area (Å²) in [4.78, 5) is 27.3. The van der Waals surface area contributed by atoms with Crippen LogP contribution in [0, 0.1) is 0 Å². The van der Waals surface area contributed by atoms with Crippen LogP contribution in [0.1, 0.15) is 41.3 Å². The fraction of sp³-hybridized carbons (Fsp3) is 0.200. The summed E-state index contributed by atoms with van der Waals surface area (Å²) < 4.78 is 5.49. The number of esters is 1. The molecule has 4 rings (SSSR count). The predicted molar refractivity (Wildman–Crippen MR) is 116 cm³/mol. The molecule has 30 heavy (non-hydrogen) atoms. The van der Waals surface area contributed by atoms with Crippen molar-refractivity contribution in [1.82, 2.24) is 4.90 Å². The largest absolute Gasteiger partial charge is 0.447 e. The maximum absolute atomic E-state index is 13.7. The van der Waals surface area contributed by atoms with Crippen LogP contribution in [-0.2, 0) is 20.7 Å². The van der Waals surface area contributed by atoms with Crippen LogP contribution >= 0.6 is 11.6 Å². The standard InChI is InChI=1S/C25H22ClNO3/c1-17(28)30-24(19-10-3-2-4-11-19)25(29)27-16-15-18-9-5-6-12-20(18)23(27)21-13-7-8-14-22(21)26/h2-14,23-24H,15-16H2,1H3. The van der Waals surface area contributed by atoms with Gasteiger partial charge in [-0.15, -0.1) is 0 Å². The van der Waals surface area contributed by atoms with Crippen LogP contribution < -0.4 is 0 Å². The Hall–Kier alpha value is -3.11. The molecule has 0 aromatic heterocycles. The molecule has 0 saturated heterocycles. The molecule has 3 aromatic rings. The van der Waals surface area contributed by atoms with E-state index in [2.05, 4.69) is 6.07 Å². The van der Waals surface area contributed by atoms with Crippen molar-refractivity contribution in [2.75, 3.05) is 6.54 Å². The highest BCUT2D eigenvalue weighted by molar-refractivity contribution is 6.31. The molecule has 1 heterocycles. The van der Waals surface area contributed by atoms with Gasteiger partial charge in [-0.25, -0.2) is 0 Å². The van der Waals surface area contributed by atoms with E-state index in [1.54, 1.807) is 17.0 Å². The fourth-order valence-electron chi connectivity index (χ4n) is 4.04.